The summed E-state index contributed by atoms with van der Waals surface area (Å²) in [5.41, 5.74) is 0.926. The average Bonchev–Trinajstić information content (AvgIpc) is 2.90. The molecule has 0 aliphatic carbocycles. The Morgan fingerprint density at radius 1 is 1.38 bits per heavy atom. The molecule has 130 valence electrons. The van der Waals surface area contributed by atoms with Gasteiger partial charge < -0.3 is 5.11 Å². The maximum absolute atomic E-state index is 14.3. The third-order valence-electron chi connectivity index (χ3n) is 3.40. The molecule has 0 saturated carbocycles. The van der Waals surface area contributed by atoms with Crippen molar-refractivity contribution in [1.29, 1.82) is 0 Å². The number of rotatable bonds is 6. The lowest BCUT2D eigenvalue weighted by Gasteiger charge is -2.18. The molecule has 0 unspecified atom stereocenters. The van der Waals surface area contributed by atoms with Gasteiger partial charge in [-0.2, -0.15) is 9.82 Å². The Balaban J connectivity index is 2.35. The zero-order valence-corrected chi connectivity index (χ0v) is 14.2. The lowest BCUT2D eigenvalue weighted by molar-refractivity contribution is -0.140. The molecule has 0 amide bonds. The van der Waals surface area contributed by atoms with Crippen LogP contribution in [0.3, 0.4) is 0 Å². The Bertz CT molecular complexity index is 861. The molecule has 0 aliphatic rings. The van der Waals surface area contributed by atoms with Crippen molar-refractivity contribution in [3.05, 3.63) is 42.0 Å². The van der Waals surface area contributed by atoms with Crippen LogP contribution in [0.4, 0.5) is 4.39 Å². The van der Waals surface area contributed by atoms with Gasteiger partial charge in [0.25, 0.3) is 0 Å². The number of nitrogens with one attached hydrogen (secondary N) is 1. The number of aromatic nitrogens is 2. The molecule has 1 aromatic heterocycles. The zero-order chi connectivity index (χ0) is 18.1. The Kier molecular flexibility index (Phi) is 5.05. The van der Waals surface area contributed by atoms with Crippen LogP contribution in [0, 0.1) is 18.7 Å². The third kappa shape index (κ3) is 3.80. The molecule has 0 aliphatic heterocycles. The average molecular weight is 355 g/mol. The first-order chi connectivity index (χ1) is 11.1. The first kappa shape index (κ1) is 18.1. The van der Waals surface area contributed by atoms with Crippen LogP contribution in [0.2, 0.25) is 0 Å². The summed E-state index contributed by atoms with van der Waals surface area (Å²) in [6.45, 7) is 4.94. The quantitative estimate of drug-likeness (QED) is 0.821. The second-order valence-electron chi connectivity index (χ2n) is 5.76. The number of carboxylic acid groups (broad SMARTS) is 1. The molecule has 2 rings (SSSR count). The topological polar surface area (TPSA) is 101 Å². The molecule has 0 saturated heterocycles. The van der Waals surface area contributed by atoms with E-state index in [-0.39, 0.29) is 10.6 Å². The van der Waals surface area contributed by atoms with Crippen LogP contribution in [-0.2, 0) is 14.8 Å². The van der Waals surface area contributed by atoms with Gasteiger partial charge in [-0.1, -0.05) is 13.8 Å². The van der Waals surface area contributed by atoms with Gasteiger partial charge in [-0.25, -0.2) is 17.5 Å². The highest BCUT2D eigenvalue weighted by atomic mass is 32.2. The minimum atomic E-state index is -4.17. The fourth-order valence-corrected chi connectivity index (χ4v) is 3.44. The second kappa shape index (κ2) is 6.70. The number of halogens is 1. The van der Waals surface area contributed by atoms with Gasteiger partial charge in [-0.05, 0) is 36.6 Å². The van der Waals surface area contributed by atoms with E-state index < -0.39 is 33.8 Å². The van der Waals surface area contributed by atoms with Crippen molar-refractivity contribution in [1.82, 2.24) is 14.5 Å². The number of aliphatic carboxylic acids is 1. The van der Waals surface area contributed by atoms with Crippen molar-refractivity contribution in [3.63, 3.8) is 0 Å². The molecule has 2 N–H and O–H groups in total. The molecule has 0 spiro atoms. The SMILES string of the molecule is Cc1cnn(-c2ccc(S(=O)(=O)N[C@H](C(=O)O)C(C)C)cc2F)c1. The predicted molar refractivity (Wildman–Crippen MR) is 84.8 cm³/mol. The fourth-order valence-electron chi connectivity index (χ4n) is 2.09. The summed E-state index contributed by atoms with van der Waals surface area (Å²) in [6.07, 6.45) is 3.15. The van der Waals surface area contributed by atoms with Crippen molar-refractivity contribution in [2.75, 3.05) is 0 Å². The predicted octanol–water partition coefficient (Wildman–Crippen LogP) is 1.71. The Hall–Kier alpha value is -2.26. The van der Waals surface area contributed by atoms with Gasteiger partial charge in [0.15, 0.2) is 0 Å². The minimum Gasteiger partial charge on any atom is -0.480 e. The van der Waals surface area contributed by atoms with Crippen molar-refractivity contribution in [2.24, 2.45) is 5.92 Å². The van der Waals surface area contributed by atoms with E-state index in [1.54, 1.807) is 33.2 Å². The van der Waals surface area contributed by atoms with Crippen molar-refractivity contribution in [3.8, 4) is 5.69 Å². The summed E-state index contributed by atoms with van der Waals surface area (Å²) in [5.74, 6) is -2.54. The molecule has 1 heterocycles. The fraction of sp³-hybridized carbons (Fsp3) is 0.333. The third-order valence-corrected chi connectivity index (χ3v) is 4.84. The number of sulfonamides is 1. The summed E-state index contributed by atoms with van der Waals surface area (Å²) in [4.78, 5) is 10.8. The maximum atomic E-state index is 14.3. The monoisotopic (exact) mass is 355 g/mol. The first-order valence-corrected chi connectivity index (χ1v) is 8.66. The van der Waals surface area contributed by atoms with Crippen molar-refractivity contribution < 1.29 is 22.7 Å². The normalized spacial score (nSPS) is 13.2. The molecule has 7 nitrogen and oxygen atoms in total. The van der Waals surface area contributed by atoms with E-state index >= 15 is 0 Å². The number of aryl methyl sites for hydroxylation is 1. The molecule has 9 heteroatoms. The van der Waals surface area contributed by atoms with Crippen LogP contribution in [0.15, 0.2) is 35.5 Å². The van der Waals surface area contributed by atoms with Crippen LogP contribution >= 0.6 is 0 Å². The van der Waals surface area contributed by atoms with E-state index in [1.807, 2.05) is 0 Å². The number of hydrogen-bond donors (Lipinski definition) is 2. The summed E-state index contributed by atoms with van der Waals surface area (Å²) < 4.78 is 42.2. The number of nitrogens with zero attached hydrogens (tertiary/aromatic N) is 2. The van der Waals surface area contributed by atoms with E-state index in [0.29, 0.717) is 0 Å². The molecule has 2 aromatic rings. The highest BCUT2D eigenvalue weighted by molar-refractivity contribution is 7.89. The summed E-state index contributed by atoms with van der Waals surface area (Å²) >= 11 is 0. The molecule has 1 aromatic carbocycles. The lowest BCUT2D eigenvalue weighted by atomic mass is 10.1. The van der Waals surface area contributed by atoms with Crippen molar-refractivity contribution >= 4 is 16.0 Å². The summed E-state index contributed by atoms with van der Waals surface area (Å²) in [5, 5.41) is 13.1. The van der Waals surface area contributed by atoms with Crippen LogP contribution in [-0.4, -0.2) is 35.3 Å². The largest absolute Gasteiger partial charge is 0.480 e. The molecular formula is C15H18FN3O4S. The second-order valence-corrected chi connectivity index (χ2v) is 7.47. The Morgan fingerprint density at radius 2 is 2.04 bits per heavy atom. The van der Waals surface area contributed by atoms with E-state index in [4.69, 9.17) is 5.11 Å². The van der Waals surface area contributed by atoms with Gasteiger partial charge in [0, 0.05) is 6.20 Å². The standard InChI is InChI=1S/C15H18FN3O4S/c1-9(2)14(15(20)21)18-24(22,23)11-4-5-13(12(16)6-11)19-8-10(3)7-17-19/h4-9,14,18H,1-3H3,(H,20,21)/t14-/m0/s1. The van der Waals surface area contributed by atoms with Crippen molar-refractivity contribution in [2.45, 2.75) is 31.7 Å². The highest BCUT2D eigenvalue weighted by Gasteiger charge is 2.28. The molecule has 0 radical (unpaired) electrons. The minimum absolute atomic E-state index is 0.0979. The van der Waals surface area contributed by atoms with E-state index in [9.17, 15) is 17.6 Å². The molecule has 1 atom stereocenters. The van der Waals surface area contributed by atoms with Crippen LogP contribution in [0.25, 0.3) is 5.69 Å². The zero-order valence-electron chi connectivity index (χ0n) is 13.4. The smallest absolute Gasteiger partial charge is 0.322 e. The summed E-state index contributed by atoms with van der Waals surface area (Å²) in [7, 11) is -4.17. The Morgan fingerprint density at radius 3 is 2.50 bits per heavy atom. The maximum Gasteiger partial charge on any atom is 0.322 e. The van der Waals surface area contributed by atoms with E-state index in [0.717, 1.165) is 11.6 Å². The van der Waals surface area contributed by atoms with Crippen LogP contribution in [0.1, 0.15) is 19.4 Å². The molecular weight excluding hydrogens is 337 g/mol. The number of carboxylic acids is 1. The van der Waals surface area contributed by atoms with Crippen LogP contribution < -0.4 is 4.72 Å². The Labute approximate surface area is 139 Å². The molecule has 0 fully saturated rings. The number of carbonyl (C=O) groups is 1. The van der Waals surface area contributed by atoms with Gasteiger partial charge in [0.1, 0.15) is 17.5 Å². The number of hydrogen-bond acceptors (Lipinski definition) is 4. The van der Waals surface area contributed by atoms with Gasteiger partial charge in [-0.3, -0.25) is 4.79 Å². The first-order valence-electron chi connectivity index (χ1n) is 7.18. The highest BCUT2D eigenvalue weighted by Crippen LogP contribution is 2.19. The van der Waals surface area contributed by atoms with Gasteiger partial charge in [0.2, 0.25) is 10.0 Å². The molecule has 0 bridgehead atoms. The van der Waals surface area contributed by atoms with E-state index in [1.165, 1.54) is 16.8 Å². The van der Waals surface area contributed by atoms with E-state index in [2.05, 4.69) is 9.82 Å². The van der Waals surface area contributed by atoms with Gasteiger partial charge in [-0.15, -0.1) is 0 Å². The van der Waals surface area contributed by atoms with Gasteiger partial charge >= 0.3 is 5.97 Å². The molecule has 24 heavy (non-hydrogen) atoms. The van der Waals surface area contributed by atoms with Gasteiger partial charge in [0.05, 0.1) is 11.1 Å². The van der Waals surface area contributed by atoms with Crippen LogP contribution in [0.5, 0.6) is 0 Å². The summed E-state index contributed by atoms with van der Waals surface area (Å²) in [6, 6.07) is 2.03. The lowest BCUT2D eigenvalue weighted by Crippen LogP contribution is -2.44. The number of benzene rings is 1.